The first-order valence-electron chi connectivity index (χ1n) is 8.67. The Morgan fingerprint density at radius 2 is 1.70 bits per heavy atom. The molecule has 142 valence electrons. The van der Waals surface area contributed by atoms with E-state index in [-0.39, 0.29) is 17.3 Å². The first-order chi connectivity index (χ1) is 12.9. The number of carbonyl (C=O) groups is 3. The van der Waals surface area contributed by atoms with E-state index in [0.717, 1.165) is 13.0 Å². The Hall–Kier alpha value is -3.06. The predicted molar refractivity (Wildman–Crippen MR) is 104 cm³/mol. The third-order valence-electron chi connectivity index (χ3n) is 3.86. The van der Waals surface area contributed by atoms with Crippen LogP contribution < -0.4 is 10.6 Å². The molecule has 2 amide bonds. The lowest BCUT2D eigenvalue weighted by atomic mass is 10.1. The van der Waals surface area contributed by atoms with Gasteiger partial charge in [0.1, 0.15) is 0 Å². The van der Waals surface area contributed by atoms with Gasteiger partial charge >= 0.3 is 0 Å². The maximum atomic E-state index is 12.4. The fraction of sp³-hybridized carbons (Fsp3) is 0.300. The summed E-state index contributed by atoms with van der Waals surface area (Å²) in [7, 11) is 3.94. The minimum absolute atomic E-state index is 0.0827. The van der Waals surface area contributed by atoms with Crippen LogP contribution in [0.1, 0.15) is 44.4 Å². The molecular weight excluding hydrogens is 344 g/mol. The second kappa shape index (κ2) is 9.59. The average Bonchev–Trinajstić information content (AvgIpc) is 2.65. The molecule has 0 aliphatic rings. The van der Waals surface area contributed by atoms with E-state index in [1.807, 2.05) is 19.0 Å². The molecule has 0 spiro atoms. The van der Waals surface area contributed by atoms with Crippen molar-refractivity contribution in [3.63, 3.8) is 0 Å². The van der Waals surface area contributed by atoms with E-state index in [9.17, 15) is 14.4 Å². The van der Waals surface area contributed by atoms with Crippen molar-refractivity contribution in [1.82, 2.24) is 15.2 Å². The Balaban J connectivity index is 2.01. The summed E-state index contributed by atoms with van der Waals surface area (Å²) >= 11 is 0. The number of nitrogens with zero attached hydrogens (tertiary/aromatic N) is 2. The summed E-state index contributed by atoms with van der Waals surface area (Å²) in [6, 6.07) is 8.18. The second-order valence-electron chi connectivity index (χ2n) is 6.47. The minimum Gasteiger partial charge on any atom is -0.352 e. The van der Waals surface area contributed by atoms with Gasteiger partial charge in [0, 0.05) is 30.2 Å². The third kappa shape index (κ3) is 6.31. The number of ketones is 1. The Kier molecular flexibility index (Phi) is 7.19. The average molecular weight is 368 g/mol. The smallest absolute Gasteiger partial charge is 0.257 e. The zero-order valence-corrected chi connectivity index (χ0v) is 15.8. The molecule has 0 atom stereocenters. The fourth-order valence-electron chi connectivity index (χ4n) is 2.41. The third-order valence-corrected chi connectivity index (χ3v) is 3.86. The summed E-state index contributed by atoms with van der Waals surface area (Å²) in [6.45, 7) is 2.89. The standard InChI is InChI=1S/C20H24N4O3/c1-14(25)15-6-4-7-18(11-15)23-20(27)17-10-16(12-21-13-17)19(26)22-8-5-9-24(2)3/h4,6-7,10-13H,5,8-9H2,1-3H3,(H,22,26)(H,23,27). The lowest BCUT2D eigenvalue weighted by molar-refractivity contribution is 0.0951. The molecule has 2 rings (SSSR count). The molecule has 0 radical (unpaired) electrons. The molecule has 0 aliphatic carbocycles. The monoisotopic (exact) mass is 368 g/mol. The van der Waals surface area contributed by atoms with Crippen molar-refractivity contribution < 1.29 is 14.4 Å². The molecule has 0 saturated carbocycles. The van der Waals surface area contributed by atoms with Crippen LogP contribution in [0.2, 0.25) is 0 Å². The Morgan fingerprint density at radius 1 is 1.00 bits per heavy atom. The van der Waals surface area contributed by atoms with Crippen molar-refractivity contribution in [2.45, 2.75) is 13.3 Å². The van der Waals surface area contributed by atoms with Gasteiger partial charge in [-0.15, -0.1) is 0 Å². The number of hydrogen-bond acceptors (Lipinski definition) is 5. The van der Waals surface area contributed by atoms with Gasteiger partial charge in [-0.3, -0.25) is 19.4 Å². The molecule has 1 aromatic carbocycles. The van der Waals surface area contributed by atoms with E-state index in [1.54, 1.807) is 24.3 Å². The number of nitrogens with one attached hydrogen (secondary N) is 2. The van der Waals surface area contributed by atoms with E-state index in [4.69, 9.17) is 0 Å². The number of Topliss-reactive ketones (excluding diaryl/α,β-unsaturated/α-hetero) is 1. The maximum Gasteiger partial charge on any atom is 0.257 e. The van der Waals surface area contributed by atoms with Crippen molar-refractivity contribution in [3.8, 4) is 0 Å². The highest BCUT2D eigenvalue weighted by Crippen LogP contribution is 2.13. The van der Waals surface area contributed by atoms with Gasteiger partial charge in [-0.2, -0.15) is 0 Å². The number of carbonyl (C=O) groups excluding carboxylic acids is 3. The normalized spacial score (nSPS) is 10.5. The van der Waals surface area contributed by atoms with E-state index >= 15 is 0 Å². The zero-order valence-electron chi connectivity index (χ0n) is 15.8. The molecule has 7 heteroatoms. The summed E-state index contributed by atoms with van der Waals surface area (Å²) in [5, 5.41) is 5.53. The molecule has 0 aliphatic heterocycles. The van der Waals surface area contributed by atoms with Crippen LogP contribution in [0.5, 0.6) is 0 Å². The van der Waals surface area contributed by atoms with Crippen LogP contribution >= 0.6 is 0 Å². The number of aromatic nitrogens is 1. The largest absolute Gasteiger partial charge is 0.352 e. The summed E-state index contributed by atoms with van der Waals surface area (Å²) < 4.78 is 0. The molecular formula is C20H24N4O3. The topological polar surface area (TPSA) is 91.4 Å². The van der Waals surface area contributed by atoms with Gasteiger partial charge in [-0.25, -0.2) is 0 Å². The van der Waals surface area contributed by atoms with Crippen molar-refractivity contribution >= 4 is 23.3 Å². The van der Waals surface area contributed by atoms with E-state index in [1.165, 1.54) is 25.4 Å². The van der Waals surface area contributed by atoms with Gasteiger partial charge in [0.05, 0.1) is 11.1 Å². The molecule has 0 unspecified atom stereocenters. The van der Waals surface area contributed by atoms with Crippen LogP contribution in [-0.4, -0.2) is 54.7 Å². The van der Waals surface area contributed by atoms with Crippen molar-refractivity contribution in [2.75, 3.05) is 32.5 Å². The van der Waals surface area contributed by atoms with Crippen molar-refractivity contribution in [1.29, 1.82) is 0 Å². The molecule has 0 bridgehead atoms. The molecule has 27 heavy (non-hydrogen) atoms. The van der Waals surface area contributed by atoms with E-state index < -0.39 is 5.91 Å². The number of rotatable bonds is 8. The number of benzene rings is 1. The number of anilines is 1. The van der Waals surface area contributed by atoms with Crippen LogP contribution in [0, 0.1) is 0 Å². The summed E-state index contributed by atoms with van der Waals surface area (Å²) in [6.07, 6.45) is 3.65. The van der Waals surface area contributed by atoms with E-state index in [0.29, 0.717) is 23.4 Å². The molecule has 0 fully saturated rings. The van der Waals surface area contributed by atoms with Crippen LogP contribution in [0.3, 0.4) is 0 Å². The Labute approximate surface area is 158 Å². The predicted octanol–water partition coefficient (Wildman–Crippen LogP) is 2.22. The van der Waals surface area contributed by atoms with Gasteiger partial charge in [-0.1, -0.05) is 12.1 Å². The fourth-order valence-corrected chi connectivity index (χ4v) is 2.41. The molecule has 2 N–H and O–H groups in total. The van der Waals surface area contributed by atoms with Crippen LogP contribution in [-0.2, 0) is 0 Å². The van der Waals surface area contributed by atoms with Crippen LogP contribution in [0.15, 0.2) is 42.7 Å². The van der Waals surface area contributed by atoms with Crippen LogP contribution in [0.25, 0.3) is 0 Å². The lowest BCUT2D eigenvalue weighted by Gasteiger charge is -2.10. The SMILES string of the molecule is CC(=O)c1cccc(NC(=O)c2cncc(C(=O)NCCCN(C)C)c2)c1. The maximum absolute atomic E-state index is 12.4. The number of pyridine rings is 1. The van der Waals surface area contributed by atoms with Gasteiger partial charge in [-0.05, 0) is 52.2 Å². The first-order valence-corrected chi connectivity index (χ1v) is 8.67. The minimum atomic E-state index is -0.398. The second-order valence-corrected chi connectivity index (χ2v) is 6.47. The lowest BCUT2D eigenvalue weighted by Crippen LogP contribution is -2.27. The molecule has 1 heterocycles. The quantitative estimate of drug-likeness (QED) is 0.551. The summed E-state index contributed by atoms with van der Waals surface area (Å²) in [5.41, 5.74) is 1.61. The molecule has 0 saturated heterocycles. The summed E-state index contributed by atoms with van der Waals surface area (Å²) in [4.78, 5) is 42.1. The van der Waals surface area contributed by atoms with Gasteiger partial charge in [0.15, 0.2) is 5.78 Å². The van der Waals surface area contributed by atoms with Crippen molar-refractivity contribution in [3.05, 3.63) is 59.4 Å². The number of amides is 2. The van der Waals surface area contributed by atoms with Gasteiger partial charge in [0.25, 0.3) is 11.8 Å². The molecule has 1 aromatic heterocycles. The zero-order chi connectivity index (χ0) is 19.8. The van der Waals surface area contributed by atoms with E-state index in [2.05, 4.69) is 15.6 Å². The highest BCUT2D eigenvalue weighted by Gasteiger charge is 2.12. The highest BCUT2D eigenvalue weighted by atomic mass is 16.2. The Bertz CT molecular complexity index is 833. The first kappa shape index (κ1) is 20.3. The highest BCUT2D eigenvalue weighted by molar-refractivity contribution is 6.06. The van der Waals surface area contributed by atoms with Crippen LogP contribution in [0.4, 0.5) is 5.69 Å². The van der Waals surface area contributed by atoms with Crippen molar-refractivity contribution in [2.24, 2.45) is 0 Å². The summed E-state index contributed by atoms with van der Waals surface area (Å²) in [5.74, 6) is -0.749. The molecule has 7 nitrogen and oxygen atoms in total. The molecule has 2 aromatic rings. The van der Waals surface area contributed by atoms with Gasteiger partial charge in [0.2, 0.25) is 0 Å². The number of hydrogen-bond donors (Lipinski definition) is 2. The van der Waals surface area contributed by atoms with Gasteiger partial charge < -0.3 is 15.5 Å². The Morgan fingerprint density at radius 3 is 2.37 bits per heavy atom.